The van der Waals surface area contributed by atoms with E-state index in [0.29, 0.717) is 18.5 Å². The predicted octanol–water partition coefficient (Wildman–Crippen LogP) is 2.54. The molecule has 0 saturated carbocycles. The molecule has 0 aromatic heterocycles. The Morgan fingerprint density at radius 3 is 2.43 bits per heavy atom. The summed E-state index contributed by atoms with van der Waals surface area (Å²) >= 11 is 0. The molecule has 44 heavy (non-hydrogen) atoms. The Kier molecular flexibility index (Phi) is 8.17. The van der Waals surface area contributed by atoms with Gasteiger partial charge < -0.3 is 39.2 Å². The molecule has 234 valence electrons. The molecule has 0 bridgehead atoms. The van der Waals surface area contributed by atoms with Crippen LogP contribution in [0.2, 0.25) is 0 Å². The predicted molar refractivity (Wildman–Crippen MR) is 152 cm³/mol. The van der Waals surface area contributed by atoms with Crippen LogP contribution in [0, 0.1) is 0 Å². The Balaban J connectivity index is 1.50. The molecule has 3 aliphatic rings. The number of aliphatic hydroxyl groups is 1. The maximum atomic E-state index is 13.8. The van der Waals surface area contributed by atoms with Crippen molar-refractivity contribution < 1.29 is 53.4 Å². The van der Waals surface area contributed by atoms with Crippen molar-refractivity contribution in [3.05, 3.63) is 71.0 Å². The van der Waals surface area contributed by atoms with Crippen molar-refractivity contribution in [3.8, 4) is 11.5 Å². The maximum Gasteiger partial charge on any atom is 0.357 e. The van der Waals surface area contributed by atoms with E-state index in [0.717, 1.165) is 12.5 Å². The first-order valence-electron chi connectivity index (χ1n) is 14.3. The minimum Gasteiger partial charge on any atom is -0.504 e. The number of carboxylic acid groups (broad SMARTS) is 1. The Labute approximate surface area is 253 Å². The second kappa shape index (κ2) is 11.6. The van der Waals surface area contributed by atoms with Gasteiger partial charge in [0.25, 0.3) is 0 Å². The third kappa shape index (κ3) is 5.07. The number of carbonyl (C=O) groups is 4. The molecule has 0 amide bonds. The number of aliphatic carboxylic acids is 1. The molecule has 0 unspecified atom stereocenters. The standard InChI is InChI=1S/C32H35NO11/c1-5-33(4)23-15-19-11-12-20(35)27-25(19)31(3)28(43-27)21(13-14-32(23,31)40)42-30(39)26(18-9-7-6-8-10-18)44-29(38)22(16-24(36)37)41-17(2)34/h6-13,22-23,26,28,35,40H,5,14-16H2,1-4H3,(H,36,37)/t22-,23+,26-,28-,31-,32+/m0/s1. The molecular weight excluding hydrogens is 574 g/mol. The maximum absolute atomic E-state index is 13.8. The Morgan fingerprint density at radius 1 is 1.09 bits per heavy atom. The highest BCUT2D eigenvalue weighted by Crippen LogP contribution is 2.62. The summed E-state index contributed by atoms with van der Waals surface area (Å²) in [6.07, 6.45) is -3.16. The summed E-state index contributed by atoms with van der Waals surface area (Å²) in [6, 6.07) is 11.0. The van der Waals surface area contributed by atoms with Gasteiger partial charge in [0.2, 0.25) is 12.2 Å². The number of aromatic hydroxyl groups is 1. The summed E-state index contributed by atoms with van der Waals surface area (Å²) in [4.78, 5) is 51.7. The van der Waals surface area contributed by atoms with Gasteiger partial charge in [0.15, 0.2) is 17.6 Å². The zero-order chi connectivity index (χ0) is 32.0. The molecule has 1 heterocycles. The van der Waals surface area contributed by atoms with E-state index in [1.54, 1.807) is 30.3 Å². The summed E-state index contributed by atoms with van der Waals surface area (Å²) in [7, 11) is 1.93. The molecule has 3 N–H and O–H groups in total. The van der Waals surface area contributed by atoms with Crippen LogP contribution in [0.3, 0.4) is 0 Å². The van der Waals surface area contributed by atoms with E-state index in [4.69, 9.17) is 18.9 Å². The van der Waals surface area contributed by atoms with E-state index in [1.165, 1.54) is 12.1 Å². The third-order valence-corrected chi connectivity index (χ3v) is 8.97. The number of rotatable bonds is 10. The fraction of sp³-hybridized carbons (Fsp3) is 0.438. The number of hydrogen-bond donors (Lipinski definition) is 3. The highest BCUT2D eigenvalue weighted by Gasteiger charge is 2.68. The summed E-state index contributed by atoms with van der Waals surface area (Å²) in [5.74, 6) is -4.43. The van der Waals surface area contributed by atoms with Crippen LogP contribution >= 0.6 is 0 Å². The van der Waals surface area contributed by atoms with E-state index in [-0.39, 0.29) is 35.3 Å². The lowest BCUT2D eigenvalue weighted by Gasteiger charge is -2.56. The number of carbonyl (C=O) groups excluding carboxylic acids is 3. The second-order valence-electron chi connectivity index (χ2n) is 11.5. The van der Waals surface area contributed by atoms with Gasteiger partial charge >= 0.3 is 23.9 Å². The first-order chi connectivity index (χ1) is 20.8. The van der Waals surface area contributed by atoms with E-state index in [1.807, 2.05) is 27.0 Å². The van der Waals surface area contributed by atoms with Gasteiger partial charge in [-0.2, -0.15) is 0 Å². The van der Waals surface area contributed by atoms with Crippen LogP contribution in [0.5, 0.6) is 11.5 Å². The molecule has 0 saturated heterocycles. The van der Waals surface area contributed by atoms with Crippen LogP contribution in [0.4, 0.5) is 0 Å². The number of esters is 3. The molecule has 2 aliphatic carbocycles. The smallest absolute Gasteiger partial charge is 0.357 e. The largest absolute Gasteiger partial charge is 0.504 e. The number of ether oxygens (including phenoxy) is 4. The lowest BCUT2D eigenvalue weighted by atomic mass is 9.54. The molecule has 2 aromatic carbocycles. The minimum absolute atomic E-state index is 0.0579. The quantitative estimate of drug-likeness (QED) is 0.266. The fourth-order valence-corrected chi connectivity index (χ4v) is 6.67. The number of nitrogens with zero attached hydrogens (tertiary/aromatic N) is 1. The van der Waals surface area contributed by atoms with Crippen molar-refractivity contribution in [2.75, 3.05) is 13.6 Å². The number of phenolic OH excluding ortho intramolecular Hbond substituents is 1. The van der Waals surface area contributed by atoms with Crippen LogP contribution in [-0.2, 0) is 45.2 Å². The van der Waals surface area contributed by atoms with E-state index >= 15 is 0 Å². The molecule has 6 atom stereocenters. The minimum atomic E-state index is -1.80. The summed E-state index contributed by atoms with van der Waals surface area (Å²) in [6.45, 7) is 5.50. The molecule has 12 heteroatoms. The normalized spacial score (nSPS) is 26.0. The Bertz CT molecular complexity index is 1510. The van der Waals surface area contributed by atoms with Crippen LogP contribution in [-0.4, -0.2) is 81.5 Å². The van der Waals surface area contributed by atoms with Gasteiger partial charge in [0, 0.05) is 30.5 Å². The highest BCUT2D eigenvalue weighted by molar-refractivity contribution is 5.87. The van der Waals surface area contributed by atoms with E-state index in [9.17, 15) is 34.5 Å². The molecule has 1 aliphatic heterocycles. The van der Waals surface area contributed by atoms with Crippen LogP contribution in [0.25, 0.3) is 0 Å². The van der Waals surface area contributed by atoms with Crippen LogP contribution < -0.4 is 4.74 Å². The van der Waals surface area contributed by atoms with Crippen molar-refractivity contribution in [1.82, 2.24) is 4.90 Å². The number of benzene rings is 2. The molecular formula is C32H35NO11. The zero-order valence-electron chi connectivity index (χ0n) is 24.8. The molecule has 12 nitrogen and oxygen atoms in total. The van der Waals surface area contributed by atoms with Crippen molar-refractivity contribution in [3.63, 3.8) is 0 Å². The van der Waals surface area contributed by atoms with Gasteiger partial charge in [-0.05, 0) is 44.6 Å². The molecule has 5 rings (SSSR count). The average molecular weight is 610 g/mol. The van der Waals surface area contributed by atoms with Gasteiger partial charge in [-0.15, -0.1) is 0 Å². The van der Waals surface area contributed by atoms with Crippen LogP contribution in [0.1, 0.15) is 56.4 Å². The average Bonchev–Trinajstić information content (AvgIpc) is 3.32. The van der Waals surface area contributed by atoms with Crippen molar-refractivity contribution in [2.45, 2.75) is 75.4 Å². The zero-order valence-corrected chi connectivity index (χ0v) is 24.8. The van der Waals surface area contributed by atoms with E-state index < -0.39 is 59.6 Å². The highest BCUT2D eigenvalue weighted by atomic mass is 16.6. The van der Waals surface area contributed by atoms with Gasteiger partial charge in [0.05, 0.1) is 17.4 Å². The van der Waals surface area contributed by atoms with Gasteiger partial charge in [-0.1, -0.05) is 43.3 Å². The topological polar surface area (TPSA) is 169 Å². The molecule has 0 radical (unpaired) electrons. The first-order valence-corrected chi connectivity index (χ1v) is 14.3. The number of phenols is 1. The fourth-order valence-electron chi connectivity index (χ4n) is 6.67. The molecule has 0 fully saturated rings. The summed E-state index contributed by atoms with van der Waals surface area (Å²) in [5.41, 5.74) is -0.718. The number of carboxylic acids is 1. The molecule has 2 aromatic rings. The lowest BCUT2D eigenvalue weighted by Crippen LogP contribution is -2.69. The number of likely N-dealkylation sites (N-methyl/N-ethyl adjacent to an activating group) is 1. The van der Waals surface area contributed by atoms with Gasteiger partial charge in [-0.25, -0.2) is 9.59 Å². The van der Waals surface area contributed by atoms with Crippen molar-refractivity contribution >= 4 is 23.9 Å². The monoisotopic (exact) mass is 609 g/mol. The van der Waals surface area contributed by atoms with Crippen molar-refractivity contribution in [2.24, 2.45) is 0 Å². The summed E-state index contributed by atoms with van der Waals surface area (Å²) < 4.78 is 22.4. The lowest BCUT2D eigenvalue weighted by molar-refractivity contribution is -0.180. The number of hydrogen-bond acceptors (Lipinski definition) is 11. The SMILES string of the molecule is CCN(C)[C@@H]1Cc2ccc(O)c3c2[C@@]2(C)[C@@H](O3)C(OC(=O)[C@@H](OC(=O)[C@H](CC(=O)O)OC(C)=O)c3ccccc3)=CC[C@@]12O. The Hall–Kier alpha value is -4.42. The van der Waals surface area contributed by atoms with Gasteiger partial charge in [0.1, 0.15) is 5.76 Å². The Morgan fingerprint density at radius 2 is 1.80 bits per heavy atom. The second-order valence-corrected chi connectivity index (χ2v) is 11.5. The summed E-state index contributed by atoms with van der Waals surface area (Å²) in [5, 5.41) is 32.3. The van der Waals surface area contributed by atoms with Gasteiger partial charge in [-0.3, -0.25) is 9.59 Å². The molecule has 0 spiro atoms. The first kappa shape index (κ1) is 31.0. The third-order valence-electron chi connectivity index (χ3n) is 8.97. The van der Waals surface area contributed by atoms with E-state index in [2.05, 4.69) is 4.90 Å². The van der Waals surface area contributed by atoms with Crippen molar-refractivity contribution in [1.29, 1.82) is 0 Å². The van der Waals surface area contributed by atoms with Crippen LogP contribution in [0.15, 0.2) is 54.3 Å².